The zero-order valence-electron chi connectivity index (χ0n) is 13.8. The van der Waals surface area contributed by atoms with Crippen LogP contribution in [0.3, 0.4) is 0 Å². The molecule has 0 unspecified atom stereocenters. The number of rotatable bonds is 5. The van der Waals surface area contributed by atoms with E-state index in [4.69, 9.17) is 4.74 Å². The van der Waals surface area contributed by atoms with E-state index in [9.17, 15) is 9.18 Å². The van der Waals surface area contributed by atoms with Gasteiger partial charge in [0.1, 0.15) is 18.2 Å². The number of ether oxygens (including phenoxy) is 1. The van der Waals surface area contributed by atoms with Crippen molar-refractivity contribution in [1.29, 1.82) is 0 Å². The minimum Gasteiger partial charge on any atom is -0.489 e. The first-order valence-corrected chi connectivity index (χ1v) is 7.96. The fourth-order valence-electron chi connectivity index (χ4n) is 2.44. The van der Waals surface area contributed by atoms with Gasteiger partial charge in [0.2, 0.25) is 0 Å². The van der Waals surface area contributed by atoms with E-state index in [1.165, 1.54) is 12.1 Å². The summed E-state index contributed by atoms with van der Waals surface area (Å²) in [4.78, 5) is 12.4. The third kappa shape index (κ3) is 4.44. The van der Waals surface area contributed by atoms with Crippen LogP contribution in [0.1, 0.15) is 21.5 Å². The Morgan fingerprint density at radius 1 is 1.00 bits per heavy atom. The van der Waals surface area contributed by atoms with Crippen molar-refractivity contribution < 1.29 is 13.9 Å². The Balaban J connectivity index is 1.66. The van der Waals surface area contributed by atoms with Crippen molar-refractivity contribution in [3.05, 3.63) is 95.3 Å². The second kappa shape index (κ2) is 7.62. The summed E-state index contributed by atoms with van der Waals surface area (Å²) in [6.07, 6.45) is 0. The van der Waals surface area contributed by atoms with Gasteiger partial charge in [-0.05, 0) is 48.4 Å². The fraction of sp³-hybridized carbons (Fsp3) is 0.0952. The molecule has 0 saturated carbocycles. The first-order valence-electron chi connectivity index (χ1n) is 7.96. The number of hydrogen-bond donors (Lipinski definition) is 1. The Bertz CT molecular complexity index is 875. The van der Waals surface area contributed by atoms with Crippen molar-refractivity contribution in [1.82, 2.24) is 0 Å². The smallest absolute Gasteiger partial charge is 0.255 e. The first kappa shape index (κ1) is 16.7. The van der Waals surface area contributed by atoms with Gasteiger partial charge < -0.3 is 10.1 Å². The number of aryl methyl sites for hydroxylation is 1. The topological polar surface area (TPSA) is 38.3 Å². The lowest BCUT2D eigenvalue weighted by molar-refractivity contribution is 0.102. The summed E-state index contributed by atoms with van der Waals surface area (Å²) in [6.45, 7) is 2.23. The van der Waals surface area contributed by atoms with E-state index in [0.717, 1.165) is 11.1 Å². The van der Waals surface area contributed by atoms with Gasteiger partial charge >= 0.3 is 0 Å². The lowest BCUT2D eigenvalue weighted by Crippen LogP contribution is -2.13. The lowest BCUT2D eigenvalue weighted by Gasteiger charge is -2.10. The minimum atomic E-state index is -0.273. The van der Waals surface area contributed by atoms with E-state index in [-0.39, 0.29) is 11.7 Å². The highest BCUT2D eigenvalue weighted by molar-refractivity contribution is 6.05. The normalized spacial score (nSPS) is 10.3. The molecular formula is C21H18FNO2. The maximum atomic E-state index is 12.9. The van der Waals surface area contributed by atoms with Gasteiger partial charge in [-0.1, -0.05) is 36.4 Å². The number of benzene rings is 3. The van der Waals surface area contributed by atoms with E-state index >= 15 is 0 Å². The molecule has 0 aromatic heterocycles. The highest BCUT2D eigenvalue weighted by atomic mass is 19.1. The van der Waals surface area contributed by atoms with Crippen LogP contribution in [0.15, 0.2) is 72.8 Å². The van der Waals surface area contributed by atoms with Crippen LogP contribution >= 0.6 is 0 Å². The summed E-state index contributed by atoms with van der Waals surface area (Å²) in [5, 5.41) is 2.88. The Hall–Kier alpha value is -3.14. The van der Waals surface area contributed by atoms with Crippen LogP contribution in [-0.2, 0) is 6.61 Å². The zero-order valence-corrected chi connectivity index (χ0v) is 13.8. The zero-order chi connectivity index (χ0) is 17.6. The van der Waals surface area contributed by atoms with Crippen LogP contribution in [0.2, 0.25) is 0 Å². The molecule has 0 aliphatic heterocycles. The van der Waals surface area contributed by atoms with E-state index < -0.39 is 0 Å². The molecule has 0 spiro atoms. The molecule has 0 fully saturated rings. The van der Waals surface area contributed by atoms with Gasteiger partial charge in [-0.25, -0.2) is 4.39 Å². The molecule has 0 bridgehead atoms. The molecule has 3 rings (SSSR count). The Kier molecular flexibility index (Phi) is 5.09. The standard InChI is InChI=1S/C21H18FNO2/c1-15-5-2-3-8-20(15)21(24)23-18-6-4-7-19(13-18)25-14-16-9-11-17(22)12-10-16/h2-13H,14H2,1H3,(H,23,24). The second-order valence-electron chi connectivity index (χ2n) is 5.71. The molecule has 3 aromatic carbocycles. The van der Waals surface area contributed by atoms with Crippen molar-refractivity contribution in [2.75, 3.05) is 5.32 Å². The van der Waals surface area contributed by atoms with Gasteiger partial charge in [-0.3, -0.25) is 4.79 Å². The monoisotopic (exact) mass is 335 g/mol. The van der Waals surface area contributed by atoms with Gasteiger partial charge in [-0.2, -0.15) is 0 Å². The van der Waals surface area contributed by atoms with E-state index in [2.05, 4.69) is 5.32 Å². The van der Waals surface area contributed by atoms with Crippen molar-refractivity contribution in [3.8, 4) is 5.75 Å². The number of anilines is 1. The molecule has 126 valence electrons. The Morgan fingerprint density at radius 2 is 1.76 bits per heavy atom. The molecular weight excluding hydrogens is 317 g/mol. The number of carbonyl (C=O) groups excluding carboxylic acids is 1. The van der Waals surface area contributed by atoms with Gasteiger partial charge in [0.15, 0.2) is 0 Å². The maximum Gasteiger partial charge on any atom is 0.255 e. The summed E-state index contributed by atoms with van der Waals surface area (Å²) in [5.41, 5.74) is 3.09. The van der Waals surface area contributed by atoms with E-state index in [0.29, 0.717) is 23.6 Å². The molecule has 3 aromatic rings. The summed E-state index contributed by atoms with van der Waals surface area (Å²) in [7, 11) is 0. The molecule has 0 heterocycles. The minimum absolute atomic E-state index is 0.159. The number of hydrogen-bond acceptors (Lipinski definition) is 2. The Morgan fingerprint density at radius 3 is 2.52 bits per heavy atom. The highest BCUT2D eigenvalue weighted by Crippen LogP contribution is 2.20. The third-order valence-corrected chi connectivity index (χ3v) is 3.80. The average Bonchev–Trinajstić information content (AvgIpc) is 2.62. The van der Waals surface area contributed by atoms with E-state index in [1.54, 1.807) is 30.3 Å². The van der Waals surface area contributed by atoms with Gasteiger partial charge in [0.25, 0.3) is 5.91 Å². The molecule has 0 saturated heterocycles. The molecule has 4 heteroatoms. The number of amides is 1. The summed E-state index contributed by atoms with van der Waals surface area (Å²) < 4.78 is 18.6. The van der Waals surface area contributed by atoms with Crippen molar-refractivity contribution in [3.63, 3.8) is 0 Å². The first-order chi connectivity index (χ1) is 12.1. The predicted molar refractivity (Wildman–Crippen MR) is 96.3 cm³/mol. The summed E-state index contributed by atoms with van der Waals surface area (Å²) >= 11 is 0. The number of halogens is 1. The predicted octanol–water partition coefficient (Wildman–Crippen LogP) is 4.97. The molecule has 0 radical (unpaired) electrons. The van der Waals surface area contributed by atoms with Crippen LogP contribution in [0, 0.1) is 12.7 Å². The average molecular weight is 335 g/mol. The highest BCUT2D eigenvalue weighted by Gasteiger charge is 2.09. The third-order valence-electron chi connectivity index (χ3n) is 3.80. The lowest BCUT2D eigenvalue weighted by atomic mass is 10.1. The summed E-state index contributed by atoms with van der Waals surface area (Å²) in [6, 6.07) is 20.8. The molecule has 0 aliphatic carbocycles. The van der Waals surface area contributed by atoms with Crippen LogP contribution in [0.4, 0.5) is 10.1 Å². The molecule has 1 amide bonds. The molecule has 1 N–H and O–H groups in total. The molecule has 0 atom stereocenters. The van der Waals surface area contributed by atoms with Gasteiger partial charge in [-0.15, -0.1) is 0 Å². The number of carbonyl (C=O) groups is 1. The van der Waals surface area contributed by atoms with Crippen LogP contribution in [0.25, 0.3) is 0 Å². The van der Waals surface area contributed by atoms with E-state index in [1.807, 2.05) is 37.3 Å². The second-order valence-corrected chi connectivity index (χ2v) is 5.71. The van der Waals surface area contributed by atoms with Crippen LogP contribution in [-0.4, -0.2) is 5.91 Å². The van der Waals surface area contributed by atoms with Gasteiger partial charge in [0.05, 0.1) is 0 Å². The van der Waals surface area contributed by atoms with Crippen LogP contribution < -0.4 is 10.1 Å². The molecule has 25 heavy (non-hydrogen) atoms. The fourth-order valence-corrected chi connectivity index (χ4v) is 2.44. The Labute approximate surface area is 146 Å². The largest absolute Gasteiger partial charge is 0.489 e. The van der Waals surface area contributed by atoms with Crippen molar-refractivity contribution in [2.45, 2.75) is 13.5 Å². The SMILES string of the molecule is Cc1ccccc1C(=O)Nc1cccc(OCc2ccc(F)cc2)c1. The van der Waals surface area contributed by atoms with Crippen molar-refractivity contribution >= 4 is 11.6 Å². The quantitative estimate of drug-likeness (QED) is 0.715. The molecule has 0 aliphatic rings. The summed E-state index contributed by atoms with van der Waals surface area (Å²) in [5.74, 6) is 0.199. The van der Waals surface area contributed by atoms with Gasteiger partial charge in [0, 0.05) is 17.3 Å². The molecule has 3 nitrogen and oxygen atoms in total. The number of nitrogens with one attached hydrogen (secondary N) is 1. The van der Waals surface area contributed by atoms with Crippen LogP contribution in [0.5, 0.6) is 5.75 Å². The maximum absolute atomic E-state index is 12.9. The van der Waals surface area contributed by atoms with Crippen molar-refractivity contribution in [2.24, 2.45) is 0 Å².